The average molecular weight is 319 g/mol. The summed E-state index contributed by atoms with van der Waals surface area (Å²) >= 11 is 1.43. The van der Waals surface area contributed by atoms with Gasteiger partial charge >= 0.3 is 6.36 Å². The monoisotopic (exact) mass is 319 g/mol. The second kappa shape index (κ2) is 7.17. The number of hydrogen-bond donors (Lipinski definition) is 0. The normalized spacial score (nSPS) is 17.0. The van der Waals surface area contributed by atoms with E-state index in [0.29, 0.717) is 18.8 Å². The second-order valence-electron chi connectivity index (χ2n) is 4.75. The third kappa shape index (κ3) is 5.59. The molecule has 0 N–H and O–H groups in total. The highest BCUT2D eigenvalue weighted by Crippen LogP contribution is 2.25. The van der Waals surface area contributed by atoms with E-state index in [2.05, 4.69) is 4.74 Å². The SMILES string of the molecule is O=C(CSc1ccccc1)N1CCC(OC(F)(F)F)CC1. The molecular formula is C14H16F3NO2S. The lowest BCUT2D eigenvalue weighted by atomic mass is 10.1. The Bertz CT molecular complexity index is 459. The minimum absolute atomic E-state index is 0.0469. The van der Waals surface area contributed by atoms with Crippen LogP contribution in [0.2, 0.25) is 0 Å². The van der Waals surface area contributed by atoms with Gasteiger partial charge in [-0.3, -0.25) is 9.53 Å². The Morgan fingerprint density at radius 2 is 1.86 bits per heavy atom. The van der Waals surface area contributed by atoms with Crippen molar-refractivity contribution in [1.29, 1.82) is 0 Å². The zero-order valence-corrected chi connectivity index (χ0v) is 12.1. The number of thioether (sulfide) groups is 1. The molecule has 0 atom stereocenters. The average Bonchev–Trinajstić information content (AvgIpc) is 2.45. The Kier molecular flexibility index (Phi) is 5.52. The molecule has 116 valence electrons. The molecule has 0 unspecified atom stereocenters. The number of ether oxygens (including phenoxy) is 1. The van der Waals surface area contributed by atoms with Gasteiger partial charge in [-0.05, 0) is 25.0 Å². The third-order valence-electron chi connectivity index (χ3n) is 3.20. The highest BCUT2D eigenvalue weighted by molar-refractivity contribution is 8.00. The molecule has 1 heterocycles. The first-order valence-electron chi connectivity index (χ1n) is 6.64. The number of likely N-dealkylation sites (tertiary alicyclic amines) is 1. The van der Waals surface area contributed by atoms with E-state index in [4.69, 9.17) is 0 Å². The molecule has 2 rings (SSSR count). The highest BCUT2D eigenvalue weighted by Gasteiger charge is 2.35. The lowest BCUT2D eigenvalue weighted by Gasteiger charge is -2.32. The molecule has 0 radical (unpaired) electrons. The van der Waals surface area contributed by atoms with Gasteiger partial charge in [-0.1, -0.05) is 18.2 Å². The maximum absolute atomic E-state index is 12.1. The van der Waals surface area contributed by atoms with Crippen LogP contribution in [0, 0.1) is 0 Å². The van der Waals surface area contributed by atoms with E-state index in [1.165, 1.54) is 11.8 Å². The molecule has 1 aromatic rings. The van der Waals surface area contributed by atoms with Crippen LogP contribution in [-0.4, -0.2) is 42.1 Å². The van der Waals surface area contributed by atoms with Crippen molar-refractivity contribution in [2.75, 3.05) is 18.8 Å². The first-order chi connectivity index (χ1) is 9.94. The second-order valence-corrected chi connectivity index (χ2v) is 5.79. The molecule has 0 aliphatic carbocycles. The molecule has 1 amide bonds. The van der Waals surface area contributed by atoms with Crippen molar-refractivity contribution in [3.63, 3.8) is 0 Å². The number of nitrogens with zero attached hydrogens (tertiary/aromatic N) is 1. The van der Waals surface area contributed by atoms with Crippen molar-refractivity contribution in [2.45, 2.75) is 30.2 Å². The first-order valence-corrected chi connectivity index (χ1v) is 7.63. The van der Waals surface area contributed by atoms with Crippen LogP contribution >= 0.6 is 11.8 Å². The van der Waals surface area contributed by atoms with Crippen molar-refractivity contribution < 1.29 is 22.7 Å². The summed E-state index contributed by atoms with van der Waals surface area (Å²) in [7, 11) is 0. The van der Waals surface area contributed by atoms with E-state index >= 15 is 0 Å². The minimum Gasteiger partial charge on any atom is -0.342 e. The van der Waals surface area contributed by atoms with Crippen molar-refractivity contribution in [3.05, 3.63) is 30.3 Å². The van der Waals surface area contributed by atoms with Gasteiger partial charge in [-0.25, -0.2) is 0 Å². The van der Waals surface area contributed by atoms with Crippen molar-refractivity contribution in [1.82, 2.24) is 4.90 Å². The van der Waals surface area contributed by atoms with Crippen LogP contribution < -0.4 is 0 Å². The summed E-state index contributed by atoms with van der Waals surface area (Å²) in [5.41, 5.74) is 0. The summed E-state index contributed by atoms with van der Waals surface area (Å²) in [5, 5.41) is 0. The summed E-state index contributed by atoms with van der Waals surface area (Å²) in [6.45, 7) is 0.629. The lowest BCUT2D eigenvalue weighted by molar-refractivity contribution is -0.345. The number of rotatable bonds is 4. The molecule has 7 heteroatoms. The van der Waals surface area contributed by atoms with Crippen molar-refractivity contribution in [3.8, 4) is 0 Å². The minimum atomic E-state index is -4.60. The molecular weight excluding hydrogens is 303 g/mol. The Hall–Kier alpha value is -1.21. The van der Waals surface area contributed by atoms with Gasteiger partial charge in [0, 0.05) is 18.0 Å². The summed E-state index contributed by atoms with van der Waals surface area (Å²) in [5.74, 6) is 0.253. The van der Waals surface area contributed by atoms with E-state index in [1.807, 2.05) is 30.3 Å². The molecule has 21 heavy (non-hydrogen) atoms. The van der Waals surface area contributed by atoms with E-state index in [0.717, 1.165) is 4.90 Å². The van der Waals surface area contributed by atoms with Crippen LogP contribution in [0.4, 0.5) is 13.2 Å². The largest absolute Gasteiger partial charge is 0.522 e. The third-order valence-corrected chi connectivity index (χ3v) is 4.20. The molecule has 0 saturated carbocycles. The number of piperidine rings is 1. The van der Waals surface area contributed by atoms with Gasteiger partial charge in [0.2, 0.25) is 5.91 Å². The van der Waals surface area contributed by atoms with Gasteiger partial charge in [-0.2, -0.15) is 0 Å². The summed E-state index contributed by atoms with van der Waals surface area (Å²) in [4.78, 5) is 14.6. The fourth-order valence-corrected chi connectivity index (χ4v) is 2.99. The van der Waals surface area contributed by atoms with E-state index in [9.17, 15) is 18.0 Å². The van der Waals surface area contributed by atoms with Crippen LogP contribution in [0.1, 0.15) is 12.8 Å². The molecule has 0 spiro atoms. The van der Waals surface area contributed by atoms with Gasteiger partial charge in [0.15, 0.2) is 0 Å². The molecule has 1 saturated heterocycles. The van der Waals surface area contributed by atoms with Gasteiger partial charge in [0.05, 0.1) is 11.9 Å². The number of benzene rings is 1. The van der Waals surface area contributed by atoms with E-state index in [-0.39, 0.29) is 18.7 Å². The molecule has 0 aromatic heterocycles. The molecule has 1 aromatic carbocycles. The molecule has 1 aliphatic heterocycles. The van der Waals surface area contributed by atoms with Gasteiger partial charge in [0.1, 0.15) is 0 Å². The number of amides is 1. The van der Waals surface area contributed by atoms with Crippen LogP contribution in [0.25, 0.3) is 0 Å². The quantitative estimate of drug-likeness (QED) is 0.798. The summed E-state index contributed by atoms with van der Waals surface area (Å²) in [6.07, 6.45) is -4.99. The van der Waals surface area contributed by atoms with Gasteiger partial charge < -0.3 is 4.90 Å². The number of carbonyl (C=O) groups is 1. The van der Waals surface area contributed by atoms with E-state index in [1.54, 1.807) is 4.90 Å². The Balaban J connectivity index is 1.73. The highest BCUT2D eigenvalue weighted by atomic mass is 32.2. The van der Waals surface area contributed by atoms with Crippen LogP contribution in [0.15, 0.2) is 35.2 Å². The van der Waals surface area contributed by atoms with Crippen LogP contribution in [0.3, 0.4) is 0 Å². The zero-order valence-electron chi connectivity index (χ0n) is 11.3. The van der Waals surface area contributed by atoms with Gasteiger partial charge in [0.25, 0.3) is 0 Å². The van der Waals surface area contributed by atoms with Crippen molar-refractivity contribution in [2.24, 2.45) is 0 Å². The summed E-state index contributed by atoms with van der Waals surface area (Å²) in [6, 6.07) is 9.53. The number of alkyl halides is 3. The number of halogens is 3. The maximum Gasteiger partial charge on any atom is 0.522 e. The Labute approximate surface area is 125 Å². The zero-order chi connectivity index (χ0) is 15.3. The number of carbonyl (C=O) groups excluding carboxylic acids is 1. The van der Waals surface area contributed by atoms with Crippen LogP contribution in [-0.2, 0) is 9.53 Å². The molecule has 3 nitrogen and oxygen atoms in total. The number of hydrogen-bond acceptors (Lipinski definition) is 3. The predicted molar refractivity (Wildman–Crippen MR) is 73.9 cm³/mol. The standard InChI is InChI=1S/C14H16F3NO2S/c15-14(16,17)20-11-6-8-18(9-7-11)13(19)10-21-12-4-2-1-3-5-12/h1-5,11H,6-10H2. The Morgan fingerprint density at radius 3 is 2.43 bits per heavy atom. The Morgan fingerprint density at radius 1 is 1.24 bits per heavy atom. The molecule has 1 fully saturated rings. The first kappa shape index (κ1) is 16.2. The maximum atomic E-state index is 12.1. The molecule has 1 aliphatic rings. The summed E-state index contributed by atoms with van der Waals surface area (Å²) < 4.78 is 40.3. The predicted octanol–water partition coefficient (Wildman–Crippen LogP) is 3.31. The smallest absolute Gasteiger partial charge is 0.342 e. The van der Waals surface area contributed by atoms with Crippen molar-refractivity contribution >= 4 is 17.7 Å². The molecule has 0 bridgehead atoms. The fourth-order valence-electron chi connectivity index (χ4n) is 2.17. The van der Waals surface area contributed by atoms with E-state index < -0.39 is 12.5 Å². The lowest BCUT2D eigenvalue weighted by Crippen LogP contribution is -2.43. The van der Waals surface area contributed by atoms with Gasteiger partial charge in [-0.15, -0.1) is 24.9 Å². The van der Waals surface area contributed by atoms with Crippen LogP contribution in [0.5, 0.6) is 0 Å². The topological polar surface area (TPSA) is 29.5 Å². The fraction of sp³-hybridized carbons (Fsp3) is 0.500.